The van der Waals surface area contributed by atoms with Gasteiger partial charge in [0, 0.05) is 11.1 Å². The van der Waals surface area contributed by atoms with E-state index in [1.807, 2.05) is 0 Å². The molecule has 0 radical (unpaired) electrons. The molecule has 0 fully saturated rings. The lowest BCUT2D eigenvalue weighted by Gasteiger charge is -2.05. The lowest BCUT2D eigenvalue weighted by molar-refractivity contribution is 0.595. The molecule has 3 aromatic rings. The molecule has 0 amide bonds. The Morgan fingerprint density at radius 1 is 1.15 bits per heavy atom. The first kappa shape index (κ1) is 13.3. The molecule has 102 valence electrons. The van der Waals surface area contributed by atoms with Gasteiger partial charge in [-0.15, -0.1) is 0 Å². The Kier molecular flexibility index (Phi) is 3.31. The van der Waals surface area contributed by atoms with Gasteiger partial charge in [0.2, 0.25) is 0 Å². The molecule has 0 aliphatic heterocycles. The molecule has 6 heteroatoms. The van der Waals surface area contributed by atoms with Crippen LogP contribution in [0.4, 0.5) is 19.6 Å². The number of aryl methyl sites for hydroxylation is 1. The van der Waals surface area contributed by atoms with Crippen LogP contribution in [0.2, 0.25) is 5.02 Å². The molecule has 0 unspecified atom stereocenters. The molecule has 0 saturated heterocycles. The first-order valence-corrected chi connectivity index (χ1v) is 7.01. The van der Waals surface area contributed by atoms with E-state index in [4.69, 9.17) is 11.6 Å². The van der Waals surface area contributed by atoms with Crippen LogP contribution < -0.4 is 5.32 Å². The van der Waals surface area contributed by atoms with Crippen molar-refractivity contribution in [2.24, 2.45) is 0 Å². The van der Waals surface area contributed by atoms with Gasteiger partial charge >= 0.3 is 0 Å². The van der Waals surface area contributed by atoms with Gasteiger partial charge in [-0.05, 0) is 36.8 Å². The van der Waals surface area contributed by atoms with Gasteiger partial charge in [0.15, 0.2) is 5.13 Å². The summed E-state index contributed by atoms with van der Waals surface area (Å²) in [6.07, 6.45) is 0. The van der Waals surface area contributed by atoms with Crippen molar-refractivity contribution in [2.45, 2.75) is 6.92 Å². The minimum absolute atomic E-state index is 0.0678. The molecule has 1 aromatic heterocycles. The smallest absolute Gasteiger partial charge is 0.188 e. The number of fused-ring (bicyclic) bond motifs is 1. The van der Waals surface area contributed by atoms with Crippen LogP contribution in [-0.4, -0.2) is 4.98 Å². The molecule has 0 atom stereocenters. The van der Waals surface area contributed by atoms with Gasteiger partial charge < -0.3 is 5.32 Å². The second-order valence-corrected chi connectivity index (χ2v) is 5.80. The van der Waals surface area contributed by atoms with Crippen molar-refractivity contribution in [3.05, 3.63) is 52.6 Å². The lowest BCUT2D eigenvalue weighted by Crippen LogP contribution is -1.96. The van der Waals surface area contributed by atoms with E-state index in [0.29, 0.717) is 10.2 Å². The van der Waals surface area contributed by atoms with Crippen LogP contribution in [0.15, 0.2) is 30.3 Å². The molecule has 0 saturated carbocycles. The number of benzene rings is 2. The molecule has 0 bridgehead atoms. The predicted octanol–water partition coefficient (Wildman–Crippen LogP) is 5.28. The maximum Gasteiger partial charge on any atom is 0.188 e. The van der Waals surface area contributed by atoms with E-state index in [-0.39, 0.29) is 11.3 Å². The Morgan fingerprint density at radius 3 is 2.75 bits per heavy atom. The fraction of sp³-hybridized carbons (Fsp3) is 0.0714. The van der Waals surface area contributed by atoms with Crippen molar-refractivity contribution in [3.63, 3.8) is 0 Å². The number of halogens is 3. The fourth-order valence-electron chi connectivity index (χ4n) is 1.81. The zero-order valence-corrected chi connectivity index (χ0v) is 11.9. The highest BCUT2D eigenvalue weighted by molar-refractivity contribution is 7.22. The summed E-state index contributed by atoms with van der Waals surface area (Å²) in [7, 11) is 0. The van der Waals surface area contributed by atoms with Crippen molar-refractivity contribution < 1.29 is 8.78 Å². The summed E-state index contributed by atoms with van der Waals surface area (Å²) in [5.74, 6) is -0.973. The topological polar surface area (TPSA) is 24.9 Å². The van der Waals surface area contributed by atoms with Crippen molar-refractivity contribution in [3.8, 4) is 0 Å². The fourth-order valence-corrected chi connectivity index (χ4v) is 2.96. The van der Waals surface area contributed by atoms with Gasteiger partial charge in [-0.1, -0.05) is 22.9 Å². The Bertz CT molecular complexity index is 801. The highest BCUT2D eigenvalue weighted by atomic mass is 35.5. The number of aromatic nitrogens is 1. The van der Waals surface area contributed by atoms with Crippen molar-refractivity contribution in [1.29, 1.82) is 0 Å². The molecule has 0 aliphatic carbocycles. The van der Waals surface area contributed by atoms with E-state index >= 15 is 0 Å². The van der Waals surface area contributed by atoms with Crippen molar-refractivity contribution >= 4 is 44.0 Å². The highest BCUT2D eigenvalue weighted by Gasteiger charge is 2.10. The quantitative estimate of drug-likeness (QED) is 0.696. The van der Waals surface area contributed by atoms with E-state index in [0.717, 1.165) is 22.3 Å². The van der Waals surface area contributed by atoms with E-state index in [1.54, 1.807) is 18.2 Å². The molecule has 2 nitrogen and oxygen atoms in total. The molecule has 0 aliphatic rings. The van der Waals surface area contributed by atoms with Gasteiger partial charge in [0.05, 0.1) is 15.9 Å². The molecular weight excluding hydrogens is 302 g/mol. The number of rotatable bonds is 2. The van der Waals surface area contributed by atoms with E-state index in [9.17, 15) is 8.78 Å². The van der Waals surface area contributed by atoms with Gasteiger partial charge in [-0.2, -0.15) is 0 Å². The molecule has 3 rings (SSSR count). The molecule has 20 heavy (non-hydrogen) atoms. The van der Waals surface area contributed by atoms with Gasteiger partial charge in [0.1, 0.15) is 11.6 Å². The number of nitrogens with zero attached hydrogens (tertiary/aromatic N) is 1. The molecular formula is C14H9ClF2N2S. The third-order valence-corrected chi connectivity index (χ3v) is 4.01. The zero-order chi connectivity index (χ0) is 14.3. The van der Waals surface area contributed by atoms with Crippen LogP contribution in [0.5, 0.6) is 0 Å². The average Bonchev–Trinajstić information content (AvgIpc) is 2.77. The van der Waals surface area contributed by atoms with E-state index in [2.05, 4.69) is 10.3 Å². The Balaban J connectivity index is 1.99. The Hall–Kier alpha value is -1.72. The number of nitrogens with one attached hydrogen (secondary N) is 1. The summed E-state index contributed by atoms with van der Waals surface area (Å²) in [6, 6.07) is 7.59. The van der Waals surface area contributed by atoms with Crippen LogP contribution in [0.1, 0.15) is 5.56 Å². The molecule has 2 aromatic carbocycles. The van der Waals surface area contributed by atoms with E-state index < -0.39 is 11.6 Å². The summed E-state index contributed by atoms with van der Waals surface area (Å²) in [5.41, 5.74) is 1.09. The van der Waals surface area contributed by atoms with Crippen LogP contribution in [0, 0.1) is 18.6 Å². The Labute approximate surface area is 123 Å². The Morgan fingerprint density at radius 2 is 1.95 bits per heavy atom. The standard InChI is InChI=1S/C14H9ClF2N2S/c1-7-4-10(17)12(6-9(7)16)19-14-18-11-3-2-8(15)5-13(11)20-14/h2-6H,1H3,(H,18,19). The van der Waals surface area contributed by atoms with E-state index in [1.165, 1.54) is 18.3 Å². The number of anilines is 2. The maximum atomic E-state index is 13.8. The number of thiazole rings is 1. The minimum Gasteiger partial charge on any atom is -0.329 e. The lowest BCUT2D eigenvalue weighted by atomic mass is 10.2. The minimum atomic E-state index is -0.513. The normalized spacial score (nSPS) is 11.0. The average molecular weight is 311 g/mol. The van der Waals surface area contributed by atoms with Crippen LogP contribution in [-0.2, 0) is 0 Å². The molecule has 1 N–H and O–H groups in total. The second-order valence-electron chi connectivity index (χ2n) is 4.34. The largest absolute Gasteiger partial charge is 0.329 e. The monoisotopic (exact) mass is 310 g/mol. The predicted molar refractivity (Wildman–Crippen MR) is 79.0 cm³/mol. The van der Waals surface area contributed by atoms with Crippen molar-refractivity contribution in [2.75, 3.05) is 5.32 Å². The second kappa shape index (κ2) is 5.00. The summed E-state index contributed by atoms with van der Waals surface area (Å²) in [6.45, 7) is 1.52. The van der Waals surface area contributed by atoms with Crippen molar-refractivity contribution in [1.82, 2.24) is 4.98 Å². The van der Waals surface area contributed by atoms with Crippen LogP contribution in [0.3, 0.4) is 0 Å². The summed E-state index contributed by atoms with van der Waals surface area (Å²) in [4.78, 5) is 4.30. The molecule has 1 heterocycles. The molecule has 0 spiro atoms. The van der Waals surface area contributed by atoms with Gasteiger partial charge in [-0.3, -0.25) is 0 Å². The summed E-state index contributed by atoms with van der Waals surface area (Å²) >= 11 is 7.23. The number of hydrogen-bond donors (Lipinski definition) is 1. The number of hydrogen-bond acceptors (Lipinski definition) is 3. The third-order valence-electron chi connectivity index (χ3n) is 2.84. The zero-order valence-electron chi connectivity index (χ0n) is 10.4. The summed E-state index contributed by atoms with van der Waals surface area (Å²) < 4.78 is 28.1. The first-order chi connectivity index (χ1) is 9.52. The van der Waals surface area contributed by atoms with Crippen LogP contribution in [0.25, 0.3) is 10.2 Å². The van der Waals surface area contributed by atoms with Crippen LogP contribution >= 0.6 is 22.9 Å². The summed E-state index contributed by atoms with van der Waals surface area (Å²) in [5, 5.41) is 3.90. The SMILES string of the molecule is Cc1cc(F)c(Nc2nc3ccc(Cl)cc3s2)cc1F. The highest BCUT2D eigenvalue weighted by Crippen LogP contribution is 2.31. The van der Waals surface area contributed by atoms with Gasteiger partial charge in [-0.25, -0.2) is 13.8 Å². The maximum absolute atomic E-state index is 13.8. The third kappa shape index (κ3) is 2.46. The first-order valence-electron chi connectivity index (χ1n) is 5.82. The van der Waals surface area contributed by atoms with Gasteiger partial charge in [0.25, 0.3) is 0 Å².